The molecule has 0 aliphatic carbocycles. The Hall–Kier alpha value is -2.54. The van der Waals surface area contributed by atoms with E-state index in [1.165, 1.54) is 6.07 Å². The number of ether oxygens (including phenoxy) is 1. The second-order valence-electron chi connectivity index (χ2n) is 4.79. The fourth-order valence-electron chi connectivity index (χ4n) is 1.97. The summed E-state index contributed by atoms with van der Waals surface area (Å²) >= 11 is 5.84. The Kier molecular flexibility index (Phi) is 5.46. The molecule has 0 aliphatic heterocycles. The molecular weight excluding hydrogens is 343 g/mol. The van der Waals surface area contributed by atoms with E-state index in [0.29, 0.717) is 11.3 Å². The van der Waals surface area contributed by atoms with Crippen molar-refractivity contribution in [2.24, 2.45) is 10.9 Å². The van der Waals surface area contributed by atoms with E-state index >= 15 is 0 Å². The number of hydrazone groups is 1. The van der Waals surface area contributed by atoms with E-state index in [-0.39, 0.29) is 17.4 Å². The quantitative estimate of drug-likeness (QED) is 0.478. The zero-order valence-electron chi connectivity index (χ0n) is 12.3. The molecule has 4 nitrogen and oxygen atoms in total. The normalized spacial score (nSPS) is 12.1. The van der Waals surface area contributed by atoms with Crippen molar-refractivity contribution >= 4 is 23.5 Å². The predicted octanol–water partition coefficient (Wildman–Crippen LogP) is 4.25. The van der Waals surface area contributed by atoms with Gasteiger partial charge < -0.3 is 16.0 Å². The Morgan fingerprint density at radius 2 is 2.00 bits per heavy atom. The third kappa shape index (κ3) is 4.26. The van der Waals surface area contributed by atoms with E-state index in [4.69, 9.17) is 27.6 Å². The van der Waals surface area contributed by atoms with Gasteiger partial charge in [-0.25, -0.2) is 0 Å². The van der Waals surface area contributed by atoms with Crippen molar-refractivity contribution < 1.29 is 17.9 Å². The lowest BCUT2D eigenvalue weighted by molar-refractivity contribution is -0.137. The van der Waals surface area contributed by atoms with Gasteiger partial charge in [-0.1, -0.05) is 29.8 Å². The summed E-state index contributed by atoms with van der Waals surface area (Å²) in [5.74, 6) is 5.34. The van der Waals surface area contributed by atoms with Crippen LogP contribution in [0.15, 0.2) is 47.6 Å². The third-order valence-corrected chi connectivity index (χ3v) is 3.45. The van der Waals surface area contributed by atoms with Gasteiger partial charge >= 0.3 is 6.18 Å². The lowest BCUT2D eigenvalue weighted by Crippen LogP contribution is -2.07. The van der Waals surface area contributed by atoms with Gasteiger partial charge in [-0.2, -0.15) is 18.3 Å². The lowest BCUT2D eigenvalue weighted by Gasteiger charge is -2.12. The fraction of sp³-hybridized carbons (Fsp3) is 0.125. The summed E-state index contributed by atoms with van der Waals surface area (Å²) in [4.78, 5) is 0. The first-order valence-corrected chi connectivity index (χ1v) is 7.10. The Balaban J connectivity index is 2.14. The summed E-state index contributed by atoms with van der Waals surface area (Å²) in [5, 5.41) is 10.6. The largest absolute Gasteiger partial charge is 0.487 e. The molecule has 8 heteroatoms. The van der Waals surface area contributed by atoms with Crippen LogP contribution >= 0.6 is 11.6 Å². The standard InChI is InChI=1S/C16H13ClF3N3O/c17-13-7-12(16(18,19)20)4-5-15(13)24-9-10-2-1-3-11(6-10)14(8-21)23-22/h1-8,21H,9,22H2/b21-8?,23-14+. The first-order chi connectivity index (χ1) is 11.3. The third-order valence-electron chi connectivity index (χ3n) is 3.15. The zero-order chi connectivity index (χ0) is 17.7. The molecule has 0 heterocycles. The minimum absolute atomic E-state index is 0.0920. The number of hydrogen-bond acceptors (Lipinski definition) is 4. The summed E-state index contributed by atoms with van der Waals surface area (Å²) in [6.45, 7) is 0.0920. The van der Waals surface area contributed by atoms with E-state index < -0.39 is 11.7 Å². The van der Waals surface area contributed by atoms with Gasteiger partial charge in [0, 0.05) is 11.8 Å². The maximum atomic E-state index is 12.6. The van der Waals surface area contributed by atoms with Gasteiger partial charge in [0.2, 0.25) is 0 Å². The molecule has 0 amide bonds. The van der Waals surface area contributed by atoms with Crippen LogP contribution in [0.3, 0.4) is 0 Å². The van der Waals surface area contributed by atoms with Crippen molar-refractivity contribution in [3.8, 4) is 5.75 Å². The molecule has 0 aliphatic rings. The fourth-order valence-corrected chi connectivity index (χ4v) is 2.21. The SMILES string of the molecule is N=C/C(=N\N)c1cccc(COc2ccc(C(F)(F)F)cc2Cl)c1. The molecular formula is C16H13ClF3N3O. The number of nitrogens with one attached hydrogen (secondary N) is 1. The van der Waals surface area contributed by atoms with E-state index in [9.17, 15) is 13.2 Å². The number of hydrogen-bond donors (Lipinski definition) is 2. The molecule has 0 bridgehead atoms. The van der Waals surface area contributed by atoms with Gasteiger partial charge in [0.05, 0.1) is 10.6 Å². The molecule has 2 aromatic carbocycles. The maximum Gasteiger partial charge on any atom is 0.416 e. The molecule has 0 radical (unpaired) electrons. The van der Waals surface area contributed by atoms with Crippen LogP contribution in [0.25, 0.3) is 0 Å². The summed E-state index contributed by atoms with van der Waals surface area (Å²) in [6, 6.07) is 9.85. The van der Waals surface area contributed by atoms with Gasteiger partial charge in [-0.05, 0) is 29.8 Å². The highest BCUT2D eigenvalue weighted by Crippen LogP contribution is 2.34. The topological polar surface area (TPSA) is 71.5 Å². The van der Waals surface area contributed by atoms with Gasteiger partial charge in [-0.15, -0.1) is 0 Å². The number of benzene rings is 2. The number of alkyl halides is 3. The number of nitrogens with two attached hydrogens (primary N) is 1. The highest BCUT2D eigenvalue weighted by molar-refractivity contribution is 6.37. The van der Waals surface area contributed by atoms with E-state index in [1.54, 1.807) is 24.3 Å². The molecule has 24 heavy (non-hydrogen) atoms. The predicted molar refractivity (Wildman–Crippen MR) is 86.7 cm³/mol. The minimum Gasteiger partial charge on any atom is -0.487 e. The molecule has 3 N–H and O–H groups in total. The van der Waals surface area contributed by atoms with E-state index in [2.05, 4.69) is 5.10 Å². The second kappa shape index (κ2) is 7.35. The smallest absolute Gasteiger partial charge is 0.416 e. The summed E-state index contributed by atoms with van der Waals surface area (Å²) in [6.07, 6.45) is -3.44. The van der Waals surface area contributed by atoms with Crippen LogP contribution in [-0.2, 0) is 12.8 Å². The summed E-state index contributed by atoms with van der Waals surface area (Å²) in [5.41, 5.74) is 0.819. The average Bonchev–Trinajstić information content (AvgIpc) is 2.54. The molecule has 2 aromatic rings. The molecule has 0 unspecified atom stereocenters. The molecule has 0 saturated carbocycles. The number of halogens is 4. The molecule has 0 spiro atoms. The monoisotopic (exact) mass is 355 g/mol. The van der Waals surface area contributed by atoms with Crippen LogP contribution in [0.5, 0.6) is 5.75 Å². The first-order valence-electron chi connectivity index (χ1n) is 6.72. The van der Waals surface area contributed by atoms with Gasteiger partial charge in [0.25, 0.3) is 0 Å². The Labute approximate surface area is 141 Å². The van der Waals surface area contributed by atoms with Gasteiger partial charge in [0.15, 0.2) is 0 Å². The van der Waals surface area contributed by atoms with Crippen LogP contribution in [0.4, 0.5) is 13.2 Å². The maximum absolute atomic E-state index is 12.6. The molecule has 126 valence electrons. The van der Waals surface area contributed by atoms with Crippen molar-refractivity contribution in [1.82, 2.24) is 0 Å². The highest BCUT2D eigenvalue weighted by Gasteiger charge is 2.31. The first kappa shape index (κ1) is 17.8. The lowest BCUT2D eigenvalue weighted by atomic mass is 10.1. The minimum atomic E-state index is -4.46. The second-order valence-corrected chi connectivity index (χ2v) is 5.20. The summed E-state index contributed by atoms with van der Waals surface area (Å²) < 4.78 is 43.3. The number of rotatable bonds is 5. The number of nitrogens with zero attached hydrogens (tertiary/aromatic N) is 1. The van der Waals surface area contributed by atoms with Crippen molar-refractivity contribution in [2.75, 3.05) is 0 Å². The van der Waals surface area contributed by atoms with Gasteiger partial charge in [0.1, 0.15) is 18.1 Å². The zero-order valence-corrected chi connectivity index (χ0v) is 13.0. The van der Waals surface area contributed by atoms with Crippen LogP contribution in [-0.4, -0.2) is 11.9 Å². The van der Waals surface area contributed by atoms with Gasteiger partial charge in [-0.3, -0.25) is 0 Å². The van der Waals surface area contributed by atoms with Crippen LogP contribution in [0, 0.1) is 5.41 Å². The molecule has 2 rings (SSSR count). The Morgan fingerprint density at radius 1 is 1.25 bits per heavy atom. The van der Waals surface area contributed by atoms with Crippen molar-refractivity contribution in [1.29, 1.82) is 5.41 Å². The molecule has 0 saturated heterocycles. The molecule has 0 fully saturated rings. The molecule has 0 atom stereocenters. The summed E-state index contributed by atoms with van der Waals surface area (Å²) in [7, 11) is 0. The molecule has 0 aromatic heterocycles. The van der Waals surface area contributed by atoms with E-state index in [1.807, 2.05) is 0 Å². The van der Waals surface area contributed by atoms with Crippen molar-refractivity contribution in [2.45, 2.75) is 12.8 Å². The average molecular weight is 356 g/mol. The highest BCUT2D eigenvalue weighted by atomic mass is 35.5. The van der Waals surface area contributed by atoms with Crippen molar-refractivity contribution in [3.05, 3.63) is 64.2 Å². The van der Waals surface area contributed by atoms with Crippen LogP contribution in [0.2, 0.25) is 5.02 Å². The Bertz CT molecular complexity index is 775. The Morgan fingerprint density at radius 3 is 2.58 bits per heavy atom. The van der Waals surface area contributed by atoms with E-state index in [0.717, 1.165) is 23.9 Å². The van der Waals surface area contributed by atoms with Crippen molar-refractivity contribution in [3.63, 3.8) is 0 Å². The van der Waals surface area contributed by atoms with Crippen LogP contribution < -0.4 is 10.6 Å². The van der Waals surface area contributed by atoms with Crippen LogP contribution in [0.1, 0.15) is 16.7 Å².